The van der Waals surface area contributed by atoms with Gasteiger partial charge in [0.05, 0.1) is 5.70 Å². The fourth-order valence-corrected chi connectivity index (χ4v) is 1.01. The van der Waals surface area contributed by atoms with Gasteiger partial charge >= 0.3 is 5.97 Å². The summed E-state index contributed by atoms with van der Waals surface area (Å²) in [7, 11) is 0. The Morgan fingerprint density at radius 3 is 2.92 bits per heavy atom. The number of carbonyl (C=O) groups excluding carboxylic acids is 2. The maximum absolute atomic E-state index is 10.9. The van der Waals surface area contributed by atoms with Crippen molar-refractivity contribution in [3.05, 3.63) is 11.8 Å². The average molecular weight is 169 g/mol. The van der Waals surface area contributed by atoms with Crippen LogP contribution in [0.5, 0.6) is 0 Å². The summed E-state index contributed by atoms with van der Waals surface area (Å²) in [5.74, 6) is -0.329. The summed E-state index contributed by atoms with van der Waals surface area (Å²) in [6, 6.07) is 0. The number of hydrogen-bond donors (Lipinski definition) is 1. The Hall–Kier alpha value is -1.32. The predicted octanol–water partition coefficient (Wildman–Crippen LogP) is 0.691. The first-order valence-corrected chi connectivity index (χ1v) is 3.85. The zero-order chi connectivity index (χ0) is 8.97. The molecule has 1 aliphatic rings. The van der Waals surface area contributed by atoms with E-state index >= 15 is 0 Å². The lowest BCUT2D eigenvalue weighted by atomic mass is 10.0. The second-order valence-electron chi connectivity index (χ2n) is 2.69. The molecule has 12 heavy (non-hydrogen) atoms. The highest BCUT2D eigenvalue weighted by Gasteiger charge is 2.09. The second kappa shape index (κ2) is 3.90. The molecule has 0 spiro atoms. The topological polar surface area (TPSA) is 55.4 Å². The van der Waals surface area contributed by atoms with E-state index in [1.165, 1.54) is 13.0 Å². The van der Waals surface area contributed by atoms with Crippen LogP contribution in [-0.4, -0.2) is 11.8 Å². The van der Waals surface area contributed by atoms with Gasteiger partial charge in [0.25, 0.3) is 0 Å². The van der Waals surface area contributed by atoms with Crippen LogP contribution in [0.2, 0.25) is 0 Å². The molecule has 0 fully saturated rings. The van der Waals surface area contributed by atoms with Gasteiger partial charge in [-0.05, 0) is 12.8 Å². The van der Waals surface area contributed by atoms with E-state index in [2.05, 4.69) is 10.3 Å². The SMILES string of the molecule is CC(=O)ONC1=CC(=O)CCC1. The molecule has 0 aromatic heterocycles. The Labute approximate surface area is 70.5 Å². The summed E-state index contributed by atoms with van der Waals surface area (Å²) in [5.41, 5.74) is 3.12. The molecule has 4 nitrogen and oxygen atoms in total. The Morgan fingerprint density at radius 2 is 2.33 bits per heavy atom. The molecule has 0 aliphatic heterocycles. The Balaban J connectivity index is 2.40. The van der Waals surface area contributed by atoms with Gasteiger partial charge in [0.2, 0.25) is 0 Å². The molecule has 1 aliphatic carbocycles. The van der Waals surface area contributed by atoms with Crippen LogP contribution in [0.25, 0.3) is 0 Å². The first-order valence-electron chi connectivity index (χ1n) is 3.85. The Bertz CT molecular complexity index is 232. The zero-order valence-corrected chi connectivity index (χ0v) is 6.92. The van der Waals surface area contributed by atoms with Gasteiger partial charge in [-0.15, -0.1) is 0 Å². The summed E-state index contributed by atoms with van der Waals surface area (Å²) in [6.07, 6.45) is 3.65. The maximum Gasteiger partial charge on any atom is 0.329 e. The number of hydroxylamine groups is 1. The average Bonchev–Trinajstić information content (AvgIpc) is 2.01. The molecule has 0 amide bonds. The van der Waals surface area contributed by atoms with Crippen LogP contribution in [0.1, 0.15) is 26.2 Å². The standard InChI is InChI=1S/C8H11NO3/c1-6(10)12-9-7-3-2-4-8(11)5-7/h5,9H,2-4H2,1H3. The van der Waals surface area contributed by atoms with E-state index in [0.29, 0.717) is 12.1 Å². The molecule has 0 aromatic rings. The van der Waals surface area contributed by atoms with Crippen LogP contribution in [0.4, 0.5) is 0 Å². The maximum atomic E-state index is 10.9. The fraction of sp³-hybridized carbons (Fsp3) is 0.500. The minimum Gasteiger partial charge on any atom is -0.344 e. The van der Waals surface area contributed by atoms with Gasteiger partial charge in [-0.1, -0.05) is 0 Å². The molecule has 0 atom stereocenters. The quantitative estimate of drug-likeness (QED) is 0.618. The van der Waals surface area contributed by atoms with Crippen molar-refractivity contribution in [2.24, 2.45) is 0 Å². The highest BCUT2D eigenvalue weighted by Crippen LogP contribution is 2.12. The van der Waals surface area contributed by atoms with Gasteiger partial charge in [0.1, 0.15) is 0 Å². The second-order valence-corrected chi connectivity index (χ2v) is 2.69. The third-order valence-electron chi connectivity index (χ3n) is 1.53. The molecule has 0 unspecified atom stereocenters. The van der Waals surface area contributed by atoms with E-state index in [9.17, 15) is 9.59 Å². The number of carbonyl (C=O) groups is 2. The predicted molar refractivity (Wildman–Crippen MR) is 41.8 cm³/mol. The van der Waals surface area contributed by atoms with Crippen molar-refractivity contribution in [1.29, 1.82) is 0 Å². The normalized spacial score (nSPS) is 16.8. The fourth-order valence-electron chi connectivity index (χ4n) is 1.01. The van der Waals surface area contributed by atoms with Crippen LogP contribution in [-0.2, 0) is 14.4 Å². The summed E-state index contributed by atoms with van der Waals surface area (Å²) in [6.45, 7) is 1.30. The van der Waals surface area contributed by atoms with E-state index in [-0.39, 0.29) is 5.78 Å². The molecular formula is C8H11NO3. The molecule has 4 heteroatoms. The summed E-state index contributed by atoms with van der Waals surface area (Å²) >= 11 is 0. The number of rotatable bonds is 2. The van der Waals surface area contributed by atoms with Gasteiger partial charge in [-0.3, -0.25) is 9.59 Å². The van der Waals surface area contributed by atoms with Crippen LogP contribution >= 0.6 is 0 Å². The molecule has 0 heterocycles. The Morgan fingerprint density at radius 1 is 1.58 bits per heavy atom. The smallest absolute Gasteiger partial charge is 0.329 e. The molecule has 1 rings (SSSR count). The molecule has 1 N–H and O–H groups in total. The minimum absolute atomic E-state index is 0.0795. The van der Waals surface area contributed by atoms with Crippen molar-refractivity contribution in [2.45, 2.75) is 26.2 Å². The van der Waals surface area contributed by atoms with Crippen molar-refractivity contribution in [2.75, 3.05) is 0 Å². The highest BCUT2D eigenvalue weighted by atomic mass is 16.7. The third-order valence-corrected chi connectivity index (χ3v) is 1.53. The van der Waals surface area contributed by atoms with Crippen molar-refractivity contribution >= 4 is 11.8 Å². The van der Waals surface area contributed by atoms with E-state index in [1.54, 1.807) is 0 Å². The number of nitrogens with one attached hydrogen (secondary N) is 1. The molecular weight excluding hydrogens is 158 g/mol. The van der Waals surface area contributed by atoms with Gasteiger partial charge in [0.15, 0.2) is 5.78 Å². The van der Waals surface area contributed by atoms with E-state index < -0.39 is 5.97 Å². The van der Waals surface area contributed by atoms with Gasteiger partial charge in [-0.2, -0.15) is 0 Å². The van der Waals surface area contributed by atoms with E-state index in [0.717, 1.165) is 12.8 Å². The van der Waals surface area contributed by atoms with Gasteiger partial charge in [-0.25, -0.2) is 5.48 Å². The van der Waals surface area contributed by atoms with Crippen LogP contribution in [0.15, 0.2) is 11.8 Å². The highest BCUT2D eigenvalue weighted by molar-refractivity contribution is 5.91. The van der Waals surface area contributed by atoms with Crippen molar-refractivity contribution in [3.8, 4) is 0 Å². The summed E-state index contributed by atoms with van der Waals surface area (Å²) < 4.78 is 0. The third kappa shape index (κ3) is 2.74. The number of allylic oxidation sites excluding steroid dienone is 2. The molecule has 0 bridgehead atoms. The van der Waals surface area contributed by atoms with Crippen molar-refractivity contribution < 1.29 is 14.4 Å². The van der Waals surface area contributed by atoms with Crippen LogP contribution in [0, 0.1) is 0 Å². The lowest BCUT2D eigenvalue weighted by Gasteiger charge is -2.12. The lowest BCUT2D eigenvalue weighted by molar-refractivity contribution is -0.147. The molecule has 66 valence electrons. The van der Waals surface area contributed by atoms with Crippen molar-refractivity contribution in [3.63, 3.8) is 0 Å². The monoisotopic (exact) mass is 169 g/mol. The van der Waals surface area contributed by atoms with Crippen LogP contribution < -0.4 is 5.48 Å². The number of hydrogen-bond acceptors (Lipinski definition) is 4. The van der Waals surface area contributed by atoms with Crippen molar-refractivity contribution in [1.82, 2.24) is 5.48 Å². The summed E-state index contributed by atoms with van der Waals surface area (Å²) in [4.78, 5) is 25.8. The van der Waals surface area contributed by atoms with Gasteiger partial charge < -0.3 is 4.84 Å². The lowest BCUT2D eigenvalue weighted by Crippen LogP contribution is -2.20. The minimum atomic E-state index is -0.408. The first-order chi connectivity index (χ1) is 5.68. The first kappa shape index (κ1) is 8.77. The zero-order valence-electron chi connectivity index (χ0n) is 6.92. The summed E-state index contributed by atoms with van der Waals surface area (Å²) in [5, 5.41) is 0. The molecule has 0 saturated carbocycles. The van der Waals surface area contributed by atoms with E-state index in [1.807, 2.05) is 0 Å². The van der Waals surface area contributed by atoms with Gasteiger partial charge in [0, 0.05) is 19.4 Å². The molecule has 0 aromatic carbocycles. The van der Waals surface area contributed by atoms with Crippen LogP contribution in [0.3, 0.4) is 0 Å². The molecule has 0 saturated heterocycles. The van der Waals surface area contributed by atoms with E-state index in [4.69, 9.17) is 0 Å². The largest absolute Gasteiger partial charge is 0.344 e. The Kier molecular flexibility index (Phi) is 2.85. The molecule has 0 radical (unpaired) electrons. The number of ketones is 1.